The second kappa shape index (κ2) is 10.3. The smallest absolute Gasteiger partial charge is 0.410 e. The van der Waals surface area contributed by atoms with Crippen LogP contribution in [0.5, 0.6) is 0 Å². The Morgan fingerprint density at radius 2 is 1.78 bits per heavy atom. The number of piperazine rings is 1. The van der Waals surface area contributed by atoms with E-state index < -0.39 is 0 Å². The molecule has 1 amide bonds. The van der Waals surface area contributed by atoms with E-state index in [0.29, 0.717) is 24.4 Å². The number of aromatic nitrogens is 1. The third-order valence-electron chi connectivity index (χ3n) is 5.38. The molecule has 0 N–H and O–H groups in total. The van der Waals surface area contributed by atoms with Crippen molar-refractivity contribution in [3.05, 3.63) is 79.0 Å². The van der Waals surface area contributed by atoms with Gasteiger partial charge in [-0.1, -0.05) is 30.9 Å². The SMILES string of the molecule is C=CCOC(=O)N1CCN(c2ccc(C(=O)CSc3ccnc4ccccc34)cc2)CC1. The fourth-order valence-corrected chi connectivity index (χ4v) is 4.59. The Hall–Kier alpha value is -3.32. The molecule has 1 saturated heterocycles. The number of hydrogen-bond donors (Lipinski definition) is 0. The normalized spacial score (nSPS) is 13.8. The number of fused-ring (bicyclic) bond motifs is 1. The third kappa shape index (κ3) is 5.11. The average Bonchev–Trinajstić information content (AvgIpc) is 2.86. The maximum atomic E-state index is 12.7. The molecule has 0 saturated carbocycles. The molecule has 0 bridgehead atoms. The number of anilines is 1. The molecule has 3 aromatic rings. The lowest BCUT2D eigenvalue weighted by atomic mass is 10.1. The van der Waals surface area contributed by atoms with Crippen LogP contribution in [0.4, 0.5) is 10.5 Å². The Balaban J connectivity index is 1.32. The van der Waals surface area contributed by atoms with E-state index in [9.17, 15) is 9.59 Å². The number of para-hydroxylation sites is 1. The lowest BCUT2D eigenvalue weighted by Gasteiger charge is -2.35. The van der Waals surface area contributed by atoms with Crippen LogP contribution in [0.25, 0.3) is 10.9 Å². The van der Waals surface area contributed by atoms with Crippen molar-refractivity contribution in [2.75, 3.05) is 43.4 Å². The minimum atomic E-state index is -0.301. The summed E-state index contributed by atoms with van der Waals surface area (Å²) in [6, 6.07) is 17.6. The van der Waals surface area contributed by atoms with Crippen LogP contribution in [0.1, 0.15) is 10.4 Å². The first-order valence-electron chi connectivity index (χ1n) is 10.5. The summed E-state index contributed by atoms with van der Waals surface area (Å²) in [5.41, 5.74) is 2.68. The average molecular weight is 448 g/mol. The molecule has 1 aromatic heterocycles. The minimum absolute atomic E-state index is 0.0947. The molecule has 7 heteroatoms. The molecule has 4 rings (SSSR count). The molecule has 2 aromatic carbocycles. The number of ether oxygens (including phenoxy) is 1. The Morgan fingerprint density at radius 3 is 2.53 bits per heavy atom. The van der Waals surface area contributed by atoms with Crippen molar-refractivity contribution in [1.29, 1.82) is 0 Å². The molecule has 1 aliphatic rings. The van der Waals surface area contributed by atoms with E-state index >= 15 is 0 Å². The van der Waals surface area contributed by atoms with Crippen molar-refractivity contribution < 1.29 is 14.3 Å². The van der Waals surface area contributed by atoms with Gasteiger partial charge in [-0.25, -0.2) is 4.79 Å². The zero-order valence-corrected chi connectivity index (χ0v) is 18.6. The summed E-state index contributed by atoms with van der Waals surface area (Å²) in [6.45, 7) is 6.44. The number of ketones is 1. The molecule has 2 heterocycles. The summed E-state index contributed by atoms with van der Waals surface area (Å²) < 4.78 is 5.10. The highest BCUT2D eigenvalue weighted by molar-refractivity contribution is 8.00. The van der Waals surface area contributed by atoms with Crippen molar-refractivity contribution in [2.24, 2.45) is 0 Å². The molecule has 6 nitrogen and oxygen atoms in total. The number of amides is 1. The Morgan fingerprint density at radius 1 is 1.03 bits per heavy atom. The molecule has 0 atom stereocenters. The number of benzene rings is 2. The van der Waals surface area contributed by atoms with E-state index in [4.69, 9.17) is 4.74 Å². The lowest BCUT2D eigenvalue weighted by Crippen LogP contribution is -2.49. The number of rotatable bonds is 7. The van der Waals surface area contributed by atoms with Gasteiger partial charge in [0.2, 0.25) is 0 Å². The van der Waals surface area contributed by atoms with Gasteiger partial charge in [-0.15, -0.1) is 11.8 Å². The number of hydrogen-bond acceptors (Lipinski definition) is 6. The molecule has 1 aliphatic heterocycles. The van der Waals surface area contributed by atoms with E-state index in [1.165, 1.54) is 11.8 Å². The number of nitrogens with zero attached hydrogens (tertiary/aromatic N) is 3. The van der Waals surface area contributed by atoms with Crippen LogP contribution in [0.2, 0.25) is 0 Å². The van der Waals surface area contributed by atoms with Crippen molar-refractivity contribution in [2.45, 2.75) is 4.90 Å². The molecule has 1 fully saturated rings. The summed E-state index contributed by atoms with van der Waals surface area (Å²) >= 11 is 1.54. The van der Waals surface area contributed by atoms with Gasteiger partial charge in [0.25, 0.3) is 0 Å². The standard InChI is InChI=1S/C25H25N3O3S/c1-2-17-31-25(30)28-15-13-27(14-16-28)20-9-7-19(8-10-20)23(29)18-32-24-11-12-26-22-6-4-3-5-21(22)24/h2-12H,1,13-18H2. The highest BCUT2D eigenvalue weighted by atomic mass is 32.2. The highest BCUT2D eigenvalue weighted by Crippen LogP contribution is 2.27. The highest BCUT2D eigenvalue weighted by Gasteiger charge is 2.22. The number of carbonyl (C=O) groups is 2. The monoisotopic (exact) mass is 447 g/mol. The third-order valence-corrected chi connectivity index (χ3v) is 6.46. The summed E-state index contributed by atoms with van der Waals surface area (Å²) in [6.07, 6.45) is 3.04. The quantitative estimate of drug-likeness (QED) is 0.298. The number of carbonyl (C=O) groups excluding carboxylic acids is 2. The lowest BCUT2D eigenvalue weighted by molar-refractivity contribution is 0.102. The Labute approximate surface area is 191 Å². The predicted molar refractivity (Wildman–Crippen MR) is 129 cm³/mol. The van der Waals surface area contributed by atoms with E-state index in [1.807, 2.05) is 54.6 Å². The summed E-state index contributed by atoms with van der Waals surface area (Å²) in [7, 11) is 0. The molecule has 0 spiro atoms. The minimum Gasteiger partial charge on any atom is -0.445 e. The van der Waals surface area contributed by atoms with Gasteiger partial charge in [0, 0.05) is 53.9 Å². The summed E-state index contributed by atoms with van der Waals surface area (Å²) in [5, 5.41) is 1.07. The van der Waals surface area contributed by atoms with Gasteiger partial charge in [-0.2, -0.15) is 0 Å². The van der Waals surface area contributed by atoms with E-state index in [0.717, 1.165) is 34.6 Å². The summed E-state index contributed by atoms with van der Waals surface area (Å²) in [4.78, 5) is 34.0. The van der Waals surface area contributed by atoms with Crippen molar-refractivity contribution in [3.8, 4) is 0 Å². The molecule has 0 unspecified atom stereocenters. The number of thioether (sulfide) groups is 1. The Bertz CT molecular complexity index is 1100. The van der Waals surface area contributed by atoms with Crippen LogP contribution in [0.15, 0.2) is 78.3 Å². The van der Waals surface area contributed by atoms with Gasteiger partial charge >= 0.3 is 6.09 Å². The van der Waals surface area contributed by atoms with Gasteiger partial charge in [0.15, 0.2) is 5.78 Å². The number of pyridine rings is 1. The van der Waals surface area contributed by atoms with Gasteiger partial charge in [-0.05, 0) is 36.4 Å². The van der Waals surface area contributed by atoms with Crippen LogP contribution in [-0.4, -0.2) is 60.3 Å². The maximum Gasteiger partial charge on any atom is 0.410 e. The van der Waals surface area contributed by atoms with Gasteiger partial charge in [-0.3, -0.25) is 9.78 Å². The first kappa shape index (κ1) is 21.9. The van der Waals surface area contributed by atoms with Crippen molar-refractivity contribution in [1.82, 2.24) is 9.88 Å². The molecule has 0 aliphatic carbocycles. The fourth-order valence-electron chi connectivity index (χ4n) is 3.65. The van der Waals surface area contributed by atoms with Gasteiger partial charge in [0.05, 0.1) is 11.3 Å². The number of Topliss-reactive ketones (excluding diaryl/α,β-unsaturated/α-hetero) is 1. The molecular weight excluding hydrogens is 422 g/mol. The fraction of sp³-hybridized carbons (Fsp3) is 0.240. The zero-order chi connectivity index (χ0) is 22.3. The van der Waals surface area contributed by atoms with Gasteiger partial charge in [0.1, 0.15) is 6.61 Å². The van der Waals surface area contributed by atoms with Crippen LogP contribution in [-0.2, 0) is 4.74 Å². The second-order valence-corrected chi connectivity index (χ2v) is 8.44. The Kier molecular flexibility index (Phi) is 7.07. The van der Waals surface area contributed by atoms with Crippen LogP contribution in [0, 0.1) is 0 Å². The molecule has 32 heavy (non-hydrogen) atoms. The van der Waals surface area contributed by atoms with Crippen LogP contribution in [0.3, 0.4) is 0 Å². The summed E-state index contributed by atoms with van der Waals surface area (Å²) in [5.74, 6) is 0.469. The van der Waals surface area contributed by atoms with Crippen molar-refractivity contribution in [3.63, 3.8) is 0 Å². The molecule has 164 valence electrons. The van der Waals surface area contributed by atoms with E-state index in [1.54, 1.807) is 17.2 Å². The van der Waals surface area contributed by atoms with E-state index in [-0.39, 0.29) is 18.5 Å². The second-order valence-electron chi connectivity index (χ2n) is 7.42. The van der Waals surface area contributed by atoms with E-state index in [2.05, 4.69) is 16.5 Å². The van der Waals surface area contributed by atoms with Crippen LogP contribution < -0.4 is 4.90 Å². The van der Waals surface area contributed by atoms with Gasteiger partial charge < -0.3 is 14.5 Å². The first-order valence-corrected chi connectivity index (χ1v) is 11.5. The molecule has 0 radical (unpaired) electrons. The maximum absolute atomic E-state index is 12.7. The first-order chi connectivity index (χ1) is 15.7. The zero-order valence-electron chi connectivity index (χ0n) is 17.8. The largest absolute Gasteiger partial charge is 0.445 e. The predicted octanol–water partition coefficient (Wildman–Crippen LogP) is 4.65. The molecular formula is C25H25N3O3S. The van der Waals surface area contributed by atoms with Crippen LogP contribution >= 0.6 is 11.8 Å². The van der Waals surface area contributed by atoms with Crippen molar-refractivity contribution >= 4 is 40.2 Å². The topological polar surface area (TPSA) is 62.7 Å².